The summed E-state index contributed by atoms with van der Waals surface area (Å²) in [6, 6.07) is 5.42. The van der Waals surface area contributed by atoms with Crippen LogP contribution in [-0.4, -0.2) is 63.7 Å². The van der Waals surface area contributed by atoms with E-state index >= 15 is 0 Å². The summed E-state index contributed by atoms with van der Waals surface area (Å²) >= 11 is 1.10. The number of rotatable bonds is 7. The molecule has 1 aromatic carbocycles. The third kappa shape index (κ3) is 4.82. The minimum absolute atomic E-state index is 0.0298. The Morgan fingerprint density at radius 1 is 1.26 bits per heavy atom. The first-order valence-corrected chi connectivity index (χ1v) is 16.6. The molecule has 2 aliphatic heterocycles. The summed E-state index contributed by atoms with van der Waals surface area (Å²) in [6.07, 6.45) is 3.36. The number of amides is 1. The number of hydrogen-bond acceptors (Lipinski definition) is 9. The van der Waals surface area contributed by atoms with Crippen molar-refractivity contribution in [2.75, 3.05) is 24.4 Å². The third-order valence-corrected chi connectivity index (χ3v) is 10.8. The molecule has 10 nitrogen and oxygen atoms in total. The van der Waals surface area contributed by atoms with Gasteiger partial charge < -0.3 is 20.1 Å². The lowest BCUT2D eigenvalue weighted by atomic mass is 9.89. The molecule has 1 fully saturated rings. The van der Waals surface area contributed by atoms with Gasteiger partial charge in [0.1, 0.15) is 36.8 Å². The zero-order chi connectivity index (χ0) is 27.4. The highest BCUT2D eigenvalue weighted by atomic mass is 32.2. The van der Waals surface area contributed by atoms with Crippen LogP contribution >= 0.6 is 11.3 Å². The molecule has 0 bridgehead atoms. The van der Waals surface area contributed by atoms with Crippen molar-refractivity contribution in [2.45, 2.75) is 50.1 Å². The Morgan fingerprint density at radius 3 is 2.71 bits per heavy atom. The van der Waals surface area contributed by atoms with Crippen molar-refractivity contribution in [2.24, 2.45) is 10.3 Å². The van der Waals surface area contributed by atoms with Gasteiger partial charge in [-0.3, -0.25) is 4.79 Å². The number of nitrogens with one attached hydrogen (secondary N) is 1. The lowest BCUT2D eigenvalue weighted by Crippen LogP contribution is -2.49. The average Bonchev–Trinajstić information content (AvgIpc) is 3.48. The number of benzene rings is 1. The van der Waals surface area contributed by atoms with E-state index in [0.717, 1.165) is 41.6 Å². The number of carbonyl (C=O) groups is 1. The summed E-state index contributed by atoms with van der Waals surface area (Å²) in [5.74, 6) is -0.641. The van der Waals surface area contributed by atoms with Crippen LogP contribution in [0.3, 0.4) is 0 Å². The number of methoxy groups -OCH3 is 1. The minimum Gasteiger partial charge on any atom is -0.511 e. The topological polar surface area (TPSA) is 142 Å². The minimum atomic E-state index is -4.24. The second-order valence-electron chi connectivity index (χ2n) is 9.93. The van der Waals surface area contributed by atoms with E-state index in [9.17, 15) is 26.7 Å². The maximum Gasteiger partial charge on any atom is 0.287 e. The van der Waals surface area contributed by atoms with Crippen molar-refractivity contribution in [3.8, 4) is 5.75 Å². The summed E-state index contributed by atoms with van der Waals surface area (Å²) in [4.78, 5) is 15.5. The molecule has 3 heterocycles. The van der Waals surface area contributed by atoms with Gasteiger partial charge in [0.15, 0.2) is 5.84 Å². The summed E-state index contributed by atoms with van der Waals surface area (Å²) in [7, 11) is -5.95. The lowest BCUT2D eigenvalue weighted by Gasteiger charge is -2.39. The van der Waals surface area contributed by atoms with Crippen LogP contribution in [-0.2, 0) is 37.6 Å². The molecule has 5 rings (SSSR count). The van der Waals surface area contributed by atoms with E-state index in [1.54, 1.807) is 17.4 Å². The van der Waals surface area contributed by atoms with Gasteiger partial charge in [0.05, 0.1) is 12.9 Å². The van der Waals surface area contributed by atoms with Gasteiger partial charge in [-0.15, -0.1) is 15.7 Å². The summed E-state index contributed by atoms with van der Waals surface area (Å²) < 4.78 is 58.9. The van der Waals surface area contributed by atoms with Gasteiger partial charge in [-0.2, -0.15) is 8.42 Å². The van der Waals surface area contributed by atoms with Crippen LogP contribution in [0.1, 0.15) is 36.0 Å². The number of anilines is 1. The Bertz CT molecular complexity index is 1590. The number of aryl methyl sites for hydroxylation is 2. The number of sulfone groups is 1. The van der Waals surface area contributed by atoms with E-state index in [4.69, 9.17) is 4.74 Å². The molecule has 38 heavy (non-hydrogen) atoms. The van der Waals surface area contributed by atoms with Crippen LogP contribution < -0.4 is 10.1 Å². The van der Waals surface area contributed by atoms with E-state index in [1.165, 1.54) is 0 Å². The SMILES string of the molecule is COc1ccc(CN2C(=O)C(C3=NS(=O)(=O)c4c(CCS(C)(=O)=O)csc4N3)=C(O)C3CCCC32)c(C)c1. The Labute approximate surface area is 226 Å². The number of nitrogens with zero attached hydrogens (tertiary/aromatic N) is 2. The van der Waals surface area contributed by atoms with E-state index in [0.29, 0.717) is 24.3 Å². The monoisotopic (exact) mass is 579 g/mol. The van der Waals surface area contributed by atoms with Crippen molar-refractivity contribution in [3.05, 3.63) is 51.6 Å². The van der Waals surface area contributed by atoms with Crippen molar-refractivity contribution in [3.63, 3.8) is 0 Å². The highest BCUT2D eigenvalue weighted by Gasteiger charge is 2.47. The number of aliphatic hydroxyl groups is 1. The smallest absolute Gasteiger partial charge is 0.287 e. The molecule has 13 heteroatoms. The Balaban J connectivity index is 1.50. The van der Waals surface area contributed by atoms with Crippen molar-refractivity contribution >= 4 is 47.9 Å². The zero-order valence-corrected chi connectivity index (χ0v) is 23.7. The molecular weight excluding hydrogens is 550 g/mol. The predicted molar refractivity (Wildman–Crippen MR) is 145 cm³/mol. The van der Waals surface area contributed by atoms with Crippen molar-refractivity contribution in [1.82, 2.24) is 4.90 Å². The van der Waals surface area contributed by atoms with Gasteiger partial charge in [0.25, 0.3) is 15.9 Å². The van der Waals surface area contributed by atoms with E-state index in [1.807, 2.05) is 25.1 Å². The quantitative estimate of drug-likeness (QED) is 0.509. The van der Waals surface area contributed by atoms with Crippen LogP contribution in [0, 0.1) is 12.8 Å². The number of sulfonamides is 1. The molecule has 1 amide bonds. The molecule has 2 atom stereocenters. The third-order valence-electron chi connectivity index (χ3n) is 7.35. The number of amidine groups is 1. The molecule has 0 spiro atoms. The molecule has 0 radical (unpaired) electrons. The molecule has 2 unspecified atom stereocenters. The van der Waals surface area contributed by atoms with E-state index in [-0.39, 0.29) is 51.2 Å². The van der Waals surface area contributed by atoms with Crippen molar-refractivity contribution in [1.29, 1.82) is 0 Å². The molecule has 2 N–H and O–H groups in total. The van der Waals surface area contributed by atoms with E-state index in [2.05, 4.69) is 9.71 Å². The molecule has 1 saturated carbocycles. The number of ether oxygens (including phenoxy) is 1. The van der Waals surface area contributed by atoms with Crippen LogP contribution in [0.2, 0.25) is 0 Å². The maximum atomic E-state index is 13.9. The second-order valence-corrected chi connectivity index (χ2v) is 14.6. The lowest BCUT2D eigenvalue weighted by molar-refractivity contribution is -0.132. The van der Waals surface area contributed by atoms with Gasteiger partial charge in [-0.25, -0.2) is 8.42 Å². The molecule has 1 aliphatic carbocycles. The largest absolute Gasteiger partial charge is 0.511 e. The summed E-state index contributed by atoms with van der Waals surface area (Å²) in [6.45, 7) is 2.23. The first-order chi connectivity index (χ1) is 17.9. The van der Waals surface area contributed by atoms with Crippen LogP contribution in [0.5, 0.6) is 5.75 Å². The van der Waals surface area contributed by atoms with Crippen LogP contribution in [0.25, 0.3) is 0 Å². The summed E-state index contributed by atoms with van der Waals surface area (Å²) in [5.41, 5.74) is 2.09. The fourth-order valence-corrected chi connectivity index (χ4v) is 8.67. The predicted octanol–water partition coefficient (Wildman–Crippen LogP) is 3.19. The highest BCUT2D eigenvalue weighted by Crippen LogP contribution is 2.43. The second kappa shape index (κ2) is 9.69. The van der Waals surface area contributed by atoms with Gasteiger partial charge in [0, 0.05) is 24.8 Å². The fourth-order valence-electron chi connectivity index (χ4n) is 5.41. The average molecular weight is 580 g/mol. The Kier molecular flexibility index (Phi) is 6.81. The molecular formula is C25H29N3O7S3. The molecule has 204 valence electrons. The van der Waals surface area contributed by atoms with Gasteiger partial charge in [0.2, 0.25) is 0 Å². The molecule has 3 aliphatic rings. The van der Waals surface area contributed by atoms with E-state index < -0.39 is 25.8 Å². The van der Waals surface area contributed by atoms with Crippen LogP contribution in [0.4, 0.5) is 5.00 Å². The first kappa shape index (κ1) is 26.7. The number of fused-ring (bicyclic) bond motifs is 2. The van der Waals surface area contributed by atoms with Crippen LogP contribution in [0.15, 0.2) is 44.2 Å². The number of carbonyl (C=O) groups excluding carboxylic acids is 1. The maximum absolute atomic E-state index is 13.9. The number of aliphatic hydroxyl groups excluding tert-OH is 1. The normalized spacial score (nSPS) is 22.6. The zero-order valence-electron chi connectivity index (χ0n) is 21.2. The van der Waals surface area contributed by atoms with Gasteiger partial charge in [-0.05, 0) is 60.4 Å². The Hall–Kier alpha value is -2.90. The first-order valence-electron chi connectivity index (χ1n) is 12.2. The summed E-state index contributed by atoms with van der Waals surface area (Å²) in [5, 5.41) is 16.0. The Morgan fingerprint density at radius 2 is 2.03 bits per heavy atom. The molecule has 2 aromatic rings. The highest BCUT2D eigenvalue weighted by molar-refractivity contribution is 7.91. The van der Waals surface area contributed by atoms with Gasteiger partial charge >= 0.3 is 0 Å². The van der Waals surface area contributed by atoms with Crippen molar-refractivity contribution < 1.29 is 31.5 Å². The standard InChI is InChI=1S/C25H29N3O7S3/c1-14-11-17(35-2)8-7-15(14)12-28-19-6-4-5-18(19)21(29)20(25(28)30)23-26-24-22(38(33,34)27-23)16(13-36-24)9-10-37(3,31)32/h7-8,11,13,18-19,29H,4-6,9-10,12H2,1-3H3,(H,26,27). The number of hydrogen-bond donors (Lipinski definition) is 2. The molecule has 0 saturated heterocycles. The molecule has 1 aromatic heterocycles. The number of thiophene rings is 1. The van der Waals surface area contributed by atoms with Gasteiger partial charge in [-0.1, -0.05) is 12.5 Å². The fraction of sp³-hybridized carbons (Fsp3) is 0.440.